The Kier molecular flexibility index (Phi) is 7.31. The van der Waals surface area contributed by atoms with Gasteiger partial charge in [0.1, 0.15) is 23.2 Å². The number of nitrogens with one attached hydrogen (secondary N) is 1. The van der Waals surface area contributed by atoms with E-state index in [1.54, 1.807) is 36.1 Å². The lowest BCUT2D eigenvalue weighted by atomic mass is 10.1. The zero-order chi connectivity index (χ0) is 24.9. The molecule has 2 aromatic carbocycles. The normalized spacial score (nSPS) is 14.6. The van der Waals surface area contributed by atoms with Crippen LogP contribution in [-0.4, -0.2) is 67.3 Å². The molecule has 0 unspecified atom stereocenters. The first-order valence-electron chi connectivity index (χ1n) is 11.2. The number of hydrogen-bond donors (Lipinski definition) is 2. The third-order valence-electron chi connectivity index (χ3n) is 5.89. The molecule has 184 valence electrons. The van der Waals surface area contributed by atoms with Gasteiger partial charge in [0.15, 0.2) is 6.61 Å². The lowest BCUT2D eigenvalue weighted by Crippen LogP contribution is -2.56. The van der Waals surface area contributed by atoms with Crippen molar-refractivity contribution in [1.29, 1.82) is 0 Å². The summed E-state index contributed by atoms with van der Waals surface area (Å²) >= 11 is 0. The van der Waals surface area contributed by atoms with Crippen LogP contribution in [0.5, 0.6) is 5.75 Å². The number of halogens is 1. The SMILES string of the molecule is Cc1cc(=O)oc2cc(OCC(=O)N[C@@H](CO)C(=O)N3CCN(c4ccc(F)cc4)CC3)ccc12. The van der Waals surface area contributed by atoms with Crippen LogP contribution >= 0.6 is 0 Å². The fourth-order valence-corrected chi connectivity index (χ4v) is 4.02. The van der Waals surface area contributed by atoms with Crippen molar-refractivity contribution in [2.45, 2.75) is 13.0 Å². The summed E-state index contributed by atoms with van der Waals surface area (Å²) in [5.74, 6) is -0.948. The highest BCUT2D eigenvalue weighted by molar-refractivity contribution is 5.88. The maximum absolute atomic E-state index is 13.1. The number of amides is 2. The van der Waals surface area contributed by atoms with Crippen molar-refractivity contribution in [3.05, 3.63) is 70.3 Å². The van der Waals surface area contributed by atoms with Gasteiger partial charge in [0, 0.05) is 49.4 Å². The summed E-state index contributed by atoms with van der Waals surface area (Å²) in [6.45, 7) is 2.75. The Hall–Kier alpha value is -3.92. The molecule has 10 heteroatoms. The van der Waals surface area contributed by atoms with E-state index in [2.05, 4.69) is 5.32 Å². The van der Waals surface area contributed by atoms with Crippen LogP contribution in [0, 0.1) is 12.7 Å². The van der Waals surface area contributed by atoms with Gasteiger partial charge < -0.3 is 29.4 Å². The summed E-state index contributed by atoms with van der Waals surface area (Å²) in [4.78, 5) is 40.4. The summed E-state index contributed by atoms with van der Waals surface area (Å²) in [6, 6.07) is 11.4. The van der Waals surface area contributed by atoms with Gasteiger partial charge >= 0.3 is 5.63 Å². The third-order valence-corrected chi connectivity index (χ3v) is 5.89. The second kappa shape index (κ2) is 10.6. The molecule has 2 amide bonds. The minimum Gasteiger partial charge on any atom is -0.484 e. The molecule has 0 spiro atoms. The Balaban J connectivity index is 1.29. The number of aliphatic hydroxyl groups is 1. The number of anilines is 1. The number of piperazine rings is 1. The van der Waals surface area contributed by atoms with Crippen LogP contribution in [0.25, 0.3) is 11.0 Å². The quantitative estimate of drug-likeness (QED) is 0.489. The van der Waals surface area contributed by atoms with E-state index < -0.39 is 24.2 Å². The average Bonchev–Trinajstić information content (AvgIpc) is 2.86. The van der Waals surface area contributed by atoms with Crippen molar-refractivity contribution in [3.8, 4) is 5.75 Å². The van der Waals surface area contributed by atoms with Crippen molar-refractivity contribution in [2.75, 3.05) is 44.3 Å². The molecule has 2 heterocycles. The first-order valence-corrected chi connectivity index (χ1v) is 11.2. The summed E-state index contributed by atoms with van der Waals surface area (Å²) in [5.41, 5.74) is 1.50. The number of rotatable bonds is 7. The average molecular weight is 483 g/mol. The molecule has 1 aliphatic rings. The van der Waals surface area contributed by atoms with E-state index in [9.17, 15) is 23.9 Å². The second-order valence-electron chi connectivity index (χ2n) is 8.29. The fourth-order valence-electron chi connectivity index (χ4n) is 4.02. The zero-order valence-corrected chi connectivity index (χ0v) is 19.2. The van der Waals surface area contributed by atoms with Crippen LogP contribution in [0.3, 0.4) is 0 Å². The minimum atomic E-state index is -1.10. The molecule has 0 bridgehead atoms. The van der Waals surface area contributed by atoms with Crippen molar-refractivity contribution in [1.82, 2.24) is 10.2 Å². The molecular formula is C25H26FN3O6. The molecule has 2 N–H and O–H groups in total. The van der Waals surface area contributed by atoms with Crippen LogP contribution in [0.2, 0.25) is 0 Å². The minimum absolute atomic E-state index is 0.310. The largest absolute Gasteiger partial charge is 0.484 e. The van der Waals surface area contributed by atoms with Gasteiger partial charge in [0.25, 0.3) is 5.91 Å². The van der Waals surface area contributed by atoms with Crippen molar-refractivity contribution in [3.63, 3.8) is 0 Å². The molecule has 1 fully saturated rings. The molecule has 1 atom stereocenters. The molecule has 1 aliphatic heterocycles. The second-order valence-corrected chi connectivity index (χ2v) is 8.29. The summed E-state index contributed by atoms with van der Waals surface area (Å²) < 4.78 is 23.8. The standard InChI is InChI=1S/C25H26FN3O6/c1-16-12-24(32)35-22-13-19(6-7-20(16)22)34-15-23(31)27-21(14-30)25(33)29-10-8-28(9-11-29)18-4-2-17(26)3-5-18/h2-7,12-13,21,30H,8-11,14-15H2,1H3,(H,27,31)/t21-/m0/s1. The predicted molar refractivity (Wildman–Crippen MR) is 127 cm³/mol. The van der Waals surface area contributed by atoms with Crippen LogP contribution in [0.1, 0.15) is 5.56 Å². The van der Waals surface area contributed by atoms with E-state index in [4.69, 9.17) is 9.15 Å². The summed E-state index contributed by atoms with van der Waals surface area (Å²) in [6.07, 6.45) is 0. The number of nitrogens with zero attached hydrogens (tertiary/aromatic N) is 2. The molecule has 9 nitrogen and oxygen atoms in total. The highest BCUT2D eigenvalue weighted by atomic mass is 19.1. The van der Waals surface area contributed by atoms with Crippen molar-refractivity contribution >= 4 is 28.5 Å². The molecule has 35 heavy (non-hydrogen) atoms. The number of carbonyl (C=O) groups excluding carboxylic acids is 2. The van der Waals surface area contributed by atoms with E-state index in [-0.39, 0.29) is 18.3 Å². The fraction of sp³-hybridized carbons (Fsp3) is 0.320. The highest BCUT2D eigenvalue weighted by Crippen LogP contribution is 2.22. The lowest BCUT2D eigenvalue weighted by Gasteiger charge is -2.37. The lowest BCUT2D eigenvalue weighted by molar-refractivity contribution is -0.138. The molecule has 0 radical (unpaired) electrons. The van der Waals surface area contributed by atoms with Crippen molar-refractivity contribution < 1.29 is 28.2 Å². The van der Waals surface area contributed by atoms with Gasteiger partial charge in [-0.05, 0) is 48.9 Å². The van der Waals surface area contributed by atoms with Crippen LogP contribution in [-0.2, 0) is 9.59 Å². The van der Waals surface area contributed by atoms with Crippen LogP contribution in [0.15, 0.2) is 57.7 Å². The van der Waals surface area contributed by atoms with Gasteiger partial charge in [0.05, 0.1) is 6.61 Å². The molecule has 1 saturated heterocycles. The number of fused-ring (bicyclic) bond motifs is 1. The first kappa shape index (κ1) is 24.2. The van der Waals surface area contributed by atoms with Gasteiger partial charge in [-0.2, -0.15) is 0 Å². The molecule has 3 aromatic rings. The topological polar surface area (TPSA) is 112 Å². The highest BCUT2D eigenvalue weighted by Gasteiger charge is 2.28. The predicted octanol–water partition coefficient (Wildman–Crippen LogP) is 1.45. The smallest absolute Gasteiger partial charge is 0.336 e. The zero-order valence-electron chi connectivity index (χ0n) is 19.2. The Morgan fingerprint density at radius 2 is 1.83 bits per heavy atom. The Morgan fingerprint density at radius 3 is 2.51 bits per heavy atom. The van der Waals surface area contributed by atoms with E-state index in [0.29, 0.717) is 37.5 Å². The Bertz CT molecular complexity index is 1270. The van der Waals surface area contributed by atoms with E-state index >= 15 is 0 Å². The van der Waals surface area contributed by atoms with Gasteiger partial charge in [0.2, 0.25) is 5.91 Å². The number of aryl methyl sites for hydroxylation is 1. The van der Waals surface area contributed by atoms with Crippen LogP contribution < -0.4 is 20.6 Å². The van der Waals surface area contributed by atoms with Crippen LogP contribution in [0.4, 0.5) is 10.1 Å². The third kappa shape index (κ3) is 5.78. The van der Waals surface area contributed by atoms with Crippen molar-refractivity contribution in [2.24, 2.45) is 0 Å². The number of ether oxygens (including phenoxy) is 1. The first-order chi connectivity index (χ1) is 16.8. The molecule has 4 rings (SSSR count). The summed E-state index contributed by atoms with van der Waals surface area (Å²) in [5, 5.41) is 13.0. The van der Waals surface area contributed by atoms with E-state index in [1.165, 1.54) is 24.3 Å². The van der Waals surface area contributed by atoms with E-state index in [1.807, 2.05) is 4.90 Å². The Morgan fingerprint density at radius 1 is 1.11 bits per heavy atom. The summed E-state index contributed by atoms with van der Waals surface area (Å²) in [7, 11) is 0. The maximum Gasteiger partial charge on any atom is 0.336 e. The maximum atomic E-state index is 13.1. The monoisotopic (exact) mass is 483 g/mol. The number of carbonyl (C=O) groups is 2. The van der Waals surface area contributed by atoms with E-state index in [0.717, 1.165) is 16.6 Å². The Labute approximate surface area is 200 Å². The molecular weight excluding hydrogens is 457 g/mol. The molecule has 1 aromatic heterocycles. The van der Waals surface area contributed by atoms with Gasteiger partial charge in [-0.3, -0.25) is 9.59 Å². The van der Waals surface area contributed by atoms with Gasteiger partial charge in [-0.25, -0.2) is 9.18 Å². The molecule has 0 aliphatic carbocycles. The number of aliphatic hydroxyl groups excluding tert-OH is 1. The number of hydrogen-bond acceptors (Lipinski definition) is 7. The number of benzene rings is 2. The molecule has 0 saturated carbocycles. The van der Waals surface area contributed by atoms with Gasteiger partial charge in [-0.15, -0.1) is 0 Å². The van der Waals surface area contributed by atoms with Gasteiger partial charge in [-0.1, -0.05) is 0 Å².